The maximum atomic E-state index is 14.3. The highest BCUT2D eigenvalue weighted by molar-refractivity contribution is 6.00. The minimum absolute atomic E-state index is 0.153. The second-order valence-corrected chi connectivity index (χ2v) is 12.1. The zero-order chi connectivity index (χ0) is 32.7. The minimum atomic E-state index is -0.761. The summed E-state index contributed by atoms with van der Waals surface area (Å²) in [5.74, 6) is -0.0914. The van der Waals surface area contributed by atoms with Gasteiger partial charge in [0.1, 0.15) is 17.6 Å². The van der Waals surface area contributed by atoms with E-state index in [-0.39, 0.29) is 36.6 Å². The summed E-state index contributed by atoms with van der Waals surface area (Å²) in [6.07, 6.45) is 2.56. The van der Waals surface area contributed by atoms with E-state index >= 15 is 0 Å². The van der Waals surface area contributed by atoms with Crippen LogP contribution in [0.25, 0.3) is 11.1 Å². The van der Waals surface area contributed by atoms with Crippen molar-refractivity contribution in [3.63, 3.8) is 0 Å². The fourth-order valence-corrected chi connectivity index (χ4v) is 5.69. The second kappa shape index (κ2) is 14.4. The molecule has 4 N–H and O–H groups in total. The molecule has 4 aromatic rings. The van der Waals surface area contributed by atoms with Gasteiger partial charge in [-0.2, -0.15) is 0 Å². The van der Waals surface area contributed by atoms with Crippen LogP contribution in [-0.4, -0.2) is 36.5 Å². The highest BCUT2D eigenvalue weighted by Gasteiger charge is 2.33. The highest BCUT2D eigenvalue weighted by Crippen LogP contribution is 2.31. The first-order chi connectivity index (χ1) is 22.1. The molecule has 1 atom stereocenters. The summed E-state index contributed by atoms with van der Waals surface area (Å²) >= 11 is 0. The number of rotatable bonds is 11. The number of hydrogen-bond acceptors (Lipinski definition) is 5. The van der Waals surface area contributed by atoms with Crippen LogP contribution in [0.2, 0.25) is 0 Å². The molecule has 4 amide bonds. The number of aryl methyl sites for hydroxylation is 1. The Kier molecular flexibility index (Phi) is 10.2. The fourth-order valence-electron chi connectivity index (χ4n) is 5.69. The average molecular weight is 626 g/mol. The van der Waals surface area contributed by atoms with Gasteiger partial charge in [0.15, 0.2) is 0 Å². The van der Waals surface area contributed by atoms with Crippen molar-refractivity contribution in [2.24, 2.45) is 0 Å². The van der Waals surface area contributed by atoms with E-state index in [9.17, 15) is 18.8 Å². The lowest BCUT2D eigenvalue weighted by Crippen LogP contribution is -2.50. The maximum Gasteiger partial charge on any atom is 0.314 e. The predicted molar refractivity (Wildman–Crippen MR) is 175 cm³/mol. The minimum Gasteiger partial charge on any atom is -0.468 e. The third-order valence-electron chi connectivity index (χ3n) is 8.15. The molecule has 0 unspecified atom stereocenters. The lowest BCUT2D eigenvalue weighted by atomic mass is 9.98. The smallest absolute Gasteiger partial charge is 0.314 e. The van der Waals surface area contributed by atoms with Crippen molar-refractivity contribution in [2.75, 3.05) is 11.9 Å². The number of amides is 4. The molecule has 0 fully saturated rings. The van der Waals surface area contributed by atoms with Gasteiger partial charge in [-0.15, -0.1) is 0 Å². The Labute approximate surface area is 268 Å². The Balaban J connectivity index is 1.31. The summed E-state index contributed by atoms with van der Waals surface area (Å²) in [5.41, 5.74) is 4.62. The molecule has 2 heterocycles. The monoisotopic (exact) mass is 625 g/mol. The third kappa shape index (κ3) is 8.19. The summed E-state index contributed by atoms with van der Waals surface area (Å²) in [7, 11) is 1.57. The van der Waals surface area contributed by atoms with Crippen molar-refractivity contribution in [2.45, 2.75) is 64.3 Å². The number of nitrogens with zero attached hydrogens (tertiary/aromatic N) is 1. The molecule has 0 saturated heterocycles. The Morgan fingerprint density at radius 1 is 1.00 bits per heavy atom. The van der Waals surface area contributed by atoms with E-state index in [2.05, 4.69) is 21.3 Å². The molecule has 0 radical (unpaired) electrons. The van der Waals surface area contributed by atoms with Crippen LogP contribution < -0.4 is 26.2 Å². The topological polar surface area (TPSA) is 116 Å². The molecule has 0 aliphatic carbocycles. The summed E-state index contributed by atoms with van der Waals surface area (Å²) in [6.45, 7) is 4.95. The number of halogens is 1. The number of anilines is 1. The number of carbonyl (C=O) groups excluding carboxylic acids is 3. The van der Waals surface area contributed by atoms with Gasteiger partial charge in [0.05, 0.1) is 19.4 Å². The largest absolute Gasteiger partial charge is 0.468 e. The molecule has 10 heteroatoms. The summed E-state index contributed by atoms with van der Waals surface area (Å²) in [4.78, 5) is 40.6. The van der Waals surface area contributed by atoms with Crippen molar-refractivity contribution in [3.05, 3.63) is 113 Å². The van der Waals surface area contributed by atoms with E-state index in [0.29, 0.717) is 31.6 Å². The van der Waals surface area contributed by atoms with Gasteiger partial charge >= 0.3 is 6.03 Å². The van der Waals surface area contributed by atoms with Crippen molar-refractivity contribution in [1.29, 1.82) is 0 Å². The highest BCUT2D eigenvalue weighted by atomic mass is 19.1. The van der Waals surface area contributed by atoms with E-state index in [0.717, 1.165) is 33.6 Å². The SMILES string of the molecule is CNC(=O)NCc1ccccc1-c1ccc(CN2C(=O)[C@H](NC(=O)CC(C)(C)NCc3ccco3)CCc3cc(F)ccc32)cc1. The van der Waals surface area contributed by atoms with Gasteiger partial charge in [0.25, 0.3) is 0 Å². The quantitative estimate of drug-likeness (QED) is 0.177. The summed E-state index contributed by atoms with van der Waals surface area (Å²) in [6, 6.07) is 22.9. The Morgan fingerprint density at radius 2 is 1.78 bits per heavy atom. The van der Waals surface area contributed by atoms with Crippen LogP contribution in [0.4, 0.5) is 14.9 Å². The zero-order valence-corrected chi connectivity index (χ0v) is 26.4. The number of benzene rings is 3. The molecule has 0 spiro atoms. The zero-order valence-electron chi connectivity index (χ0n) is 26.4. The van der Waals surface area contributed by atoms with Crippen molar-refractivity contribution < 1.29 is 23.2 Å². The van der Waals surface area contributed by atoms with E-state index in [1.165, 1.54) is 12.1 Å². The molecule has 0 saturated carbocycles. The van der Waals surface area contributed by atoms with Crippen LogP contribution in [0.15, 0.2) is 89.5 Å². The van der Waals surface area contributed by atoms with Gasteiger partial charge < -0.3 is 30.6 Å². The van der Waals surface area contributed by atoms with E-state index in [1.807, 2.05) is 74.5 Å². The lowest BCUT2D eigenvalue weighted by molar-refractivity contribution is -0.128. The maximum absolute atomic E-state index is 14.3. The number of nitrogens with one attached hydrogen (secondary N) is 4. The van der Waals surface area contributed by atoms with Crippen LogP contribution in [0.5, 0.6) is 0 Å². The van der Waals surface area contributed by atoms with Crippen molar-refractivity contribution in [3.8, 4) is 11.1 Å². The average Bonchev–Trinajstić information content (AvgIpc) is 3.54. The van der Waals surface area contributed by atoms with Gasteiger partial charge in [-0.25, -0.2) is 9.18 Å². The molecule has 240 valence electrons. The third-order valence-corrected chi connectivity index (χ3v) is 8.15. The standard InChI is InChI=1S/C36H40FN5O4/c1-36(2,40-22-29-8-6-18-46-29)20-33(43)41-31-16-14-26-19-28(37)15-17-32(26)42(34(31)44)23-24-10-12-25(13-11-24)30-9-5-4-7-27(30)21-39-35(45)38-3/h4-13,15,17-19,31,40H,14,16,20-23H2,1-3H3,(H,41,43)(H2,38,39,45)/t31-/m1/s1. The molecule has 3 aromatic carbocycles. The molecular weight excluding hydrogens is 585 g/mol. The Bertz CT molecular complexity index is 1670. The van der Waals surface area contributed by atoms with E-state index in [4.69, 9.17) is 4.42 Å². The van der Waals surface area contributed by atoms with E-state index < -0.39 is 11.6 Å². The van der Waals surface area contributed by atoms with Crippen LogP contribution in [0, 0.1) is 5.82 Å². The number of hydrogen-bond donors (Lipinski definition) is 4. The van der Waals surface area contributed by atoms with E-state index in [1.54, 1.807) is 24.3 Å². The molecule has 46 heavy (non-hydrogen) atoms. The van der Waals surface area contributed by atoms with Crippen LogP contribution in [-0.2, 0) is 35.6 Å². The van der Waals surface area contributed by atoms with Crippen LogP contribution >= 0.6 is 0 Å². The second-order valence-electron chi connectivity index (χ2n) is 12.1. The first-order valence-electron chi connectivity index (χ1n) is 15.4. The number of carbonyl (C=O) groups is 3. The Hall–Kier alpha value is -4.96. The first-order valence-corrected chi connectivity index (χ1v) is 15.4. The first kappa shape index (κ1) is 32.4. The molecule has 5 rings (SSSR count). The van der Waals surface area contributed by atoms with Gasteiger partial charge in [-0.1, -0.05) is 48.5 Å². The van der Waals surface area contributed by atoms with Gasteiger partial charge in [-0.3, -0.25) is 9.59 Å². The summed E-state index contributed by atoms with van der Waals surface area (Å²) < 4.78 is 19.7. The van der Waals surface area contributed by atoms with Gasteiger partial charge in [0.2, 0.25) is 11.8 Å². The Morgan fingerprint density at radius 3 is 2.52 bits per heavy atom. The number of urea groups is 1. The fraction of sp³-hybridized carbons (Fsp3) is 0.306. The van der Waals surface area contributed by atoms with Crippen molar-refractivity contribution >= 4 is 23.5 Å². The normalized spacial score (nSPS) is 14.7. The number of furan rings is 1. The van der Waals surface area contributed by atoms with Crippen molar-refractivity contribution in [1.82, 2.24) is 21.3 Å². The summed E-state index contributed by atoms with van der Waals surface area (Å²) in [5, 5.41) is 11.7. The molecule has 1 aliphatic rings. The van der Waals surface area contributed by atoms with Gasteiger partial charge in [0, 0.05) is 31.2 Å². The number of fused-ring (bicyclic) bond motifs is 1. The molecule has 0 bridgehead atoms. The van der Waals surface area contributed by atoms with Gasteiger partial charge in [-0.05, 0) is 84.8 Å². The molecule has 1 aliphatic heterocycles. The molecule has 1 aromatic heterocycles. The lowest BCUT2D eigenvalue weighted by Gasteiger charge is -2.29. The van der Waals surface area contributed by atoms with Crippen LogP contribution in [0.3, 0.4) is 0 Å². The molecular formula is C36H40FN5O4. The molecule has 9 nitrogen and oxygen atoms in total. The predicted octanol–water partition coefficient (Wildman–Crippen LogP) is 5.44. The van der Waals surface area contributed by atoms with Crippen LogP contribution in [0.1, 0.15) is 49.1 Å².